The van der Waals surface area contributed by atoms with Crippen LogP contribution in [-0.4, -0.2) is 52.9 Å². The Bertz CT molecular complexity index is 856. The van der Waals surface area contributed by atoms with Gasteiger partial charge < -0.3 is 14.4 Å². The van der Waals surface area contributed by atoms with Crippen LogP contribution in [0.1, 0.15) is 30.3 Å². The van der Waals surface area contributed by atoms with Crippen LogP contribution in [0.15, 0.2) is 30.3 Å². The van der Waals surface area contributed by atoms with Gasteiger partial charge in [0, 0.05) is 50.6 Å². The lowest BCUT2D eigenvalue weighted by molar-refractivity contribution is -0.131. The molecule has 0 bridgehead atoms. The Kier molecular flexibility index (Phi) is 4.25. The lowest BCUT2D eigenvalue weighted by Gasteiger charge is -2.22. The molecule has 2 amide bonds. The number of carbonyl (C=O) groups is 2. The molecule has 1 saturated heterocycles. The average Bonchev–Trinajstić information content (AvgIpc) is 3.04. The fourth-order valence-corrected chi connectivity index (χ4v) is 4.24. The van der Waals surface area contributed by atoms with Gasteiger partial charge in [-0.2, -0.15) is 0 Å². The first-order valence-corrected chi connectivity index (χ1v) is 9.54. The Labute approximate surface area is 154 Å². The molecule has 4 rings (SSSR count). The fraction of sp³-hybridized carbons (Fsp3) is 0.524. The topological polar surface area (TPSA) is 45.6 Å². The third kappa shape index (κ3) is 3.00. The molecule has 0 radical (unpaired) electrons. The zero-order valence-electron chi connectivity index (χ0n) is 15.8. The van der Waals surface area contributed by atoms with Crippen LogP contribution in [0, 0.1) is 17.8 Å². The number of likely N-dealkylation sites (tertiary alicyclic amines) is 1. The molecule has 2 aliphatic rings. The largest absolute Gasteiger partial charge is 0.342 e. The minimum Gasteiger partial charge on any atom is -0.342 e. The normalized spacial score (nSPS) is 24.9. The number of hydrogen-bond donors (Lipinski definition) is 0. The number of nitrogens with zero attached hydrogens (tertiary/aromatic N) is 3. The molecule has 1 aromatic carbocycles. The number of aromatic nitrogens is 1. The third-order valence-electron chi connectivity index (χ3n) is 6.07. The van der Waals surface area contributed by atoms with E-state index in [-0.39, 0.29) is 11.8 Å². The summed E-state index contributed by atoms with van der Waals surface area (Å²) in [6.07, 6.45) is 2.03. The number of amides is 2. The van der Waals surface area contributed by atoms with Gasteiger partial charge in [-0.05, 0) is 36.8 Å². The summed E-state index contributed by atoms with van der Waals surface area (Å²) in [6.45, 7) is 4.47. The number of hydrogen-bond acceptors (Lipinski definition) is 2. The lowest BCUT2D eigenvalue weighted by Crippen LogP contribution is -2.35. The first-order valence-electron chi connectivity index (χ1n) is 9.54. The molecule has 1 aliphatic heterocycles. The molecule has 1 saturated carbocycles. The Morgan fingerprint density at radius 1 is 1.27 bits per heavy atom. The Morgan fingerprint density at radius 3 is 2.69 bits per heavy atom. The summed E-state index contributed by atoms with van der Waals surface area (Å²) in [5, 5.41) is 1.09. The highest BCUT2D eigenvalue weighted by Crippen LogP contribution is 2.40. The summed E-state index contributed by atoms with van der Waals surface area (Å²) < 4.78 is 1.97. The number of aryl methyl sites for hydroxylation is 1. The van der Waals surface area contributed by atoms with Crippen molar-refractivity contribution in [2.75, 3.05) is 26.7 Å². The van der Waals surface area contributed by atoms with Crippen LogP contribution in [0.5, 0.6) is 0 Å². The lowest BCUT2D eigenvalue weighted by atomic mass is 10.1. The Morgan fingerprint density at radius 2 is 2.00 bits per heavy atom. The Balaban J connectivity index is 1.40. The molecular weight excluding hydrogens is 326 g/mol. The first-order chi connectivity index (χ1) is 12.5. The van der Waals surface area contributed by atoms with E-state index in [0.717, 1.165) is 36.8 Å². The number of carbonyl (C=O) groups excluding carboxylic acids is 2. The maximum Gasteiger partial charge on any atom is 0.270 e. The molecule has 1 aromatic heterocycles. The Hall–Kier alpha value is -2.30. The summed E-state index contributed by atoms with van der Waals surface area (Å²) >= 11 is 0. The van der Waals surface area contributed by atoms with Gasteiger partial charge in [-0.25, -0.2) is 0 Å². The van der Waals surface area contributed by atoms with E-state index < -0.39 is 0 Å². The fourth-order valence-electron chi connectivity index (χ4n) is 4.24. The van der Waals surface area contributed by atoms with Crippen LogP contribution in [0.3, 0.4) is 0 Å². The molecule has 2 fully saturated rings. The van der Waals surface area contributed by atoms with Crippen molar-refractivity contribution in [3.63, 3.8) is 0 Å². The average molecular weight is 353 g/mol. The highest BCUT2D eigenvalue weighted by molar-refractivity contribution is 5.98. The second-order valence-corrected chi connectivity index (χ2v) is 8.09. The molecule has 1 unspecified atom stereocenters. The highest BCUT2D eigenvalue weighted by atomic mass is 16.2. The number of rotatable bonds is 4. The molecular formula is C21H27N3O2. The maximum absolute atomic E-state index is 12.9. The standard InChI is InChI=1S/C21H27N3O2/c1-14-10-17(14)20(25)24-9-8-15(13-24)12-22(2)21(26)19-11-16-6-4-5-7-18(16)23(19)3/h4-7,11,14-15,17H,8-10,12-13H2,1-3H3/t14-,15?,17-/m0/s1. The van der Waals surface area contributed by atoms with Crippen LogP contribution >= 0.6 is 0 Å². The predicted molar refractivity (Wildman–Crippen MR) is 102 cm³/mol. The van der Waals surface area contributed by atoms with Crippen LogP contribution in [0.2, 0.25) is 0 Å². The maximum atomic E-state index is 12.9. The van der Waals surface area contributed by atoms with Crippen LogP contribution in [0.25, 0.3) is 10.9 Å². The van der Waals surface area contributed by atoms with Crippen molar-refractivity contribution in [1.82, 2.24) is 14.4 Å². The summed E-state index contributed by atoms with van der Waals surface area (Å²) in [5.41, 5.74) is 1.78. The van der Waals surface area contributed by atoms with Gasteiger partial charge in [0.15, 0.2) is 0 Å². The van der Waals surface area contributed by atoms with Gasteiger partial charge in [0.1, 0.15) is 5.69 Å². The highest BCUT2D eigenvalue weighted by Gasteiger charge is 2.43. The molecule has 1 aliphatic carbocycles. The van der Waals surface area contributed by atoms with E-state index in [1.807, 2.05) is 58.8 Å². The zero-order chi connectivity index (χ0) is 18.4. The minimum absolute atomic E-state index is 0.0456. The van der Waals surface area contributed by atoms with Gasteiger partial charge in [-0.1, -0.05) is 25.1 Å². The van der Waals surface area contributed by atoms with Crippen LogP contribution < -0.4 is 0 Å². The van der Waals surface area contributed by atoms with E-state index in [0.29, 0.717) is 30.0 Å². The van der Waals surface area contributed by atoms with Gasteiger partial charge in [-0.15, -0.1) is 0 Å². The second kappa shape index (κ2) is 6.45. The second-order valence-electron chi connectivity index (χ2n) is 8.09. The number of benzene rings is 1. The van der Waals surface area contributed by atoms with E-state index in [1.54, 1.807) is 0 Å². The smallest absolute Gasteiger partial charge is 0.270 e. The molecule has 5 heteroatoms. The van der Waals surface area contributed by atoms with Crippen LogP contribution in [0.4, 0.5) is 0 Å². The quantitative estimate of drug-likeness (QED) is 0.848. The van der Waals surface area contributed by atoms with Crippen molar-refractivity contribution in [1.29, 1.82) is 0 Å². The number of fused-ring (bicyclic) bond motifs is 1. The molecule has 5 nitrogen and oxygen atoms in total. The molecule has 0 spiro atoms. The molecule has 2 aromatic rings. The summed E-state index contributed by atoms with van der Waals surface area (Å²) in [4.78, 5) is 29.1. The summed E-state index contributed by atoms with van der Waals surface area (Å²) in [6, 6.07) is 10.0. The van der Waals surface area contributed by atoms with E-state index in [1.165, 1.54) is 0 Å². The monoisotopic (exact) mass is 353 g/mol. The molecule has 0 N–H and O–H groups in total. The van der Waals surface area contributed by atoms with E-state index in [9.17, 15) is 9.59 Å². The van der Waals surface area contributed by atoms with Gasteiger partial charge in [0.05, 0.1) is 0 Å². The minimum atomic E-state index is 0.0456. The number of para-hydroxylation sites is 1. The van der Waals surface area contributed by atoms with Gasteiger partial charge >= 0.3 is 0 Å². The summed E-state index contributed by atoms with van der Waals surface area (Å²) in [7, 11) is 3.81. The third-order valence-corrected chi connectivity index (χ3v) is 6.07. The van der Waals surface area contributed by atoms with Crippen molar-refractivity contribution in [3.8, 4) is 0 Å². The summed E-state index contributed by atoms with van der Waals surface area (Å²) in [5.74, 6) is 1.55. The van der Waals surface area contributed by atoms with Crippen LogP contribution in [-0.2, 0) is 11.8 Å². The van der Waals surface area contributed by atoms with Gasteiger partial charge in [0.2, 0.25) is 5.91 Å². The first kappa shape index (κ1) is 17.1. The van der Waals surface area contributed by atoms with Crippen molar-refractivity contribution < 1.29 is 9.59 Å². The predicted octanol–water partition coefficient (Wildman–Crippen LogP) is 2.75. The van der Waals surface area contributed by atoms with E-state index in [4.69, 9.17) is 0 Å². The van der Waals surface area contributed by atoms with Gasteiger partial charge in [-0.3, -0.25) is 9.59 Å². The van der Waals surface area contributed by atoms with E-state index in [2.05, 4.69) is 6.92 Å². The molecule has 2 heterocycles. The molecule has 26 heavy (non-hydrogen) atoms. The zero-order valence-corrected chi connectivity index (χ0v) is 15.8. The van der Waals surface area contributed by atoms with Crippen molar-refractivity contribution >= 4 is 22.7 Å². The van der Waals surface area contributed by atoms with Gasteiger partial charge in [0.25, 0.3) is 5.91 Å². The van der Waals surface area contributed by atoms with Crippen molar-refractivity contribution in [3.05, 3.63) is 36.0 Å². The molecule has 3 atom stereocenters. The van der Waals surface area contributed by atoms with E-state index >= 15 is 0 Å². The van der Waals surface area contributed by atoms with Crippen molar-refractivity contribution in [2.24, 2.45) is 24.8 Å². The van der Waals surface area contributed by atoms with Crippen molar-refractivity contribution in [2.45, 2.75) is 19.8 Å². The SMILES string of the molecule is C[C@H]1C[C@@H]1C(=O)N1CCC(CN(C)C(=O)c2cc3ccccc3n2C)C1. The molecule has 138 valence electrons.